The van der Waals surface area contributed by atoms with Crippen molar-refractivity contribution < 1.29 is 14.0 Å². The first kappa shape index (κ1) is 18.3. The minimum absolute atomic E-state index is 0.0314. The molecule has 0 N–H and O–H groups in total. The molecule has 0 aliphatic heterocycles. The van der Waals surface area contributed by atoms with Crippen molar-refractivity contribution in [2.75, 3.05) is 19.1 Å². The van der Waals surface area contributed by atoms with Gasteiger partial charge in [0.15, 0.2) is 11.6 Å². The minimum atomic E-state index is -0.528. The zero-order chi connectivity index (χ0) is 19.1. The van der Waals surface area contributed by atoms with Crippen LogP contribution in [0, 0.1) is 5.82 Å². The van der Waals surface area contributed by atoms with E-state index >= 15 is 0 Å². The van der Waals surface area contributed by atoms with Gasteiger partial charge in [-0.05, 0) is 35.4 Å². The average Bonchev–Trinajstić information content (AvgIpc) is 2.70. The molecule has 3 aromatic rings. The fourth-order valence-corrected chi connectivity index (χ4v) is 2.41. The van der Waals surface area contributed by atoms with E-state index in [1.807, 2.05) is 54.6 Å². The number of ether oxygens (including phenoxy) is 1. The molecule has 0 saturated heterocycles. The van der Waals surface area contributed by atoms with Gasteiger partial charge in [-0.15, -0.1) is 0 Å². The Morgan fingerprint density at radius 3 is 2.56 bits per heavy atom. The highest BCUT2D eigenvalue weighted by atomic mass is 19.1. The lowest BCUT2D eigenvalue weighted by molar-refractivity contribution is 0.313. The van der Waals surface area contributed by atoms with E-state index in [4.69, 9.17) is 9.57 Å². The van der Waals surface area contributed by atoms with Gasteiger partial charge in [0.05, 0.1) is 19.5 Å². The van der Waals surface area contributed by atoms with E-state index in [-0.39, 0.29) is 11.8 Å². The van der Waals surface area contributed by atoms with Crippen LogP contribution in [0.5, 0.6) is 11.8 Å². The van der Waals surface area contributed by atoms with Gasteiger partial charge in [0.25, 0.3) is 0 Å². The Bertz CT molecular complexity index is 902. The molecule has 0 atom stereocenters. The lowest BCUT2D eigenvalue weighted by Crippen LogP contribution is -2.19. The molecule has 0 fully saturated rings. The molecule has 3 rings (SSSR count). The molecule has 0 aliphatic rings. The number of anilines is 1. The Hall–Kier alpha value is -3.48. The van der Waals surface area contributed by atoms with Crippen LogP contribution in [0.15, 0.2) is 65.9 Å². The molecular formula is C20H19FN4O2. The SMILES string of the molecule is COc1ccc(/C=N/Oc2ncc(F)c(N(C)Cc3ccccc3)n2)cc1. The predicted molar refractivity (Wildman–Crippen MR) is 102 cm³/mol. The van der Waals surface area contributed by atoms with Crippen molar-refractivity contribution in [3.8, 4) is 11.8 Å². The van der Waals surface area contributed by atoms with Crippen molar-refractivity contribution in [3.05, 3.63) is 77.7 Å². The van der Waals surface area contributed by atoms with Crippen LogP contribution in [0.3, 0.4) is 0 Å². The number of nitrogens with zero attached hydrogens (tertiary/aromatic N) is 4. The molecule has 0 amide bonds. The average molecular weight is 366 g/mol. The van der Waals surface area contributed by atoms with Crippen LogP contribution >= 0.6 is 0 Å². The smallest absolute Gasteiger partial charge is 0.347 e. The van der Waals surface area contributed by atoms with Crippen molar-refractivity contribution in [2.45, 2.75) is 6.54 Å². The van der Waals surface area contributed by atoms with Gasteiger partial charge >= 0.3 is 6.01 Å². The van der Waals surface area contributed by atoms with Crippen LogP contribution in [-0.4, -0.2) is 30.3 Å². The Kier molecular flexibility index (Phi) is 5.94. The summed E-state index contributed by atoms with van der Waals surface area (Å²) in [6.07, 6.45) is 2.58. The van der Waals surface area contributed by atoms with Gasteiger partial charge in [-0.25, -0.2) is 4.39 Å². The molecule has 138 valence electrons. The summed E-state index contributed by atoms with van der Waals surface area (Å²) in [6, 6.07) is 17.0. The van der Waals surface area contributed by atoms with Crippen LogP contribution in [0.4, 0.5) is 10.2 Å². The third kappa shape index (κ3) is 5.01. The molecule has 0 aliphatic carbocycles. The van der Waals surface area contributed by atoms with E-state index in [1.54, 1.807) is 19.1 Å². The van der Waals surface area contributed by atoms with E-state index < -0.39 is 5.82 Å². The lowest BCUT2D eigenvalue weighted by atomic mass is 10.2. The van der Waals surface area contributed by atoms with Crippen LogP contribution < -0.4 is 14.5 Å². The fraction of sp³-hybridized carbons (Fsp3) is 0.150. The highest BCUT2D eigenvalue weighted by Gasteiger charge is 2.13. The maximum Gasteiger partial charge on any atom is 0.347 e. The normalized spacial score (nSPS) is 10.8. The molecule has 27 heavy (non-hydrogen) atoms. The number of benzene rings is 2. The van der Waals surface area contributed by atoms with E-state index in [2.05, 4.69) is 15.1 Å². The summed E-state index contributed by atoms with van der Waals surface area (Å²) < 4.78 is 19.2. The molecule has 0 bridgehead atoms. The highest BCUT2D eigenvalue weighted by Crippen LogP contribution is 2.19. The van der Waals surface area contributed by atoms with E-state index in [1.165, 1.54) is 6.21 Å². The topological polar surface area (TPSA) is 59.8 Å². The number of rotatable bonds is 7. The molecule has 0 unspecified atom stereocenters. The van der Waals surface area contributed by atoms with Gasteiger partial charge < -0.3 is 14.5 Å². The molecule has 2 aromatic carbocycles. The maximum absolute atomic E-state index is 14.1. The number of aromatic nitrogens is 2. The molecule has 0 radical (unpaired) electrons. The second-order valence-electron chi connectivity index (χ2n) is 5.76. The first-order valence-corrected chi connectivity index (χ1v) is 8.28. The first-order valence-electron chi connectivity index (χ1n) is 8.28. The highest BCUT2D eigenvalue weighted by molar-refractivity contribution is 5.79. The van der Waals surface area contributed by atoms with Gasteiger partial charge in [-0.2, -0.15) is 9.97 Å². The van der Waals surface area contributed by atoms with Crippen LogP contribution in [0.1, 0.15) is 11.1 Å². The van der Waals surface area contributed by atoms with Gasteiger partial charge in [0.2, 0.25) is 0 Å². The summed E-state index contributed by atoms with van der Waals surface area (Å²) in [4.78, 5) is 14.8. The van der Waals surface area contributed by atoms with Gasteiger partial charge in [0.1, 0.15) is 5.75 Å². The molecule has 1 aromatic heterocycles. The van der Waals surface area contributed by atoms with E-state index in [0.717, 1.165) is 23.1 Å². The second-order valence-corrected chi connectivity index (χ2v) is 5.76. The Morgan fingerprint density at radius 2 is 1.85 bits per heavy atom. The Morgan fingerprint density at radius 1 is 1.11 bits per heavy atom. The van der Waals surface area contributed by atoms with Crippen LogP contribution in [-0.2, 0) is 6.54 Å². The maximum atomic E-state index is 14.1. The summed E-state index contributed by atoms with van der Waals surface area (Å²) in [5, 5.41) is 3.85. The first-order chi connectivity index (χ1) is 13.2. The molecular weight excluding hydrogens is 347 g/mol. The van der Waals surface area contributed by atoms with Crippen molar-refractivity contribution in [1.82, 2.24) is 9.97 Å². The quantitative estimate of drug-likeness (QED) is 0.472. The summed E-state index contributed by atoms with van der Waals surface area (Å²) in [6.45, 7) is 0.503. The molecule has 7 heteroatoms. The predicted octanol–water partition coefficient (Wildman–Crippen LogP) is 3.67. The fourth-order valence-electron chi connectivity index (χ4n) is 2.41. The van der Waals surface area contributed by atoms with Crippen molar-refractivity contribution in [2.24, 2.45) is 5.16 Å². The number of halogens is 1. The molecule has 6 nitrogen and oxygen atoms in total. The lowest BCUT2D eigenvalue weighted by Gasteiger charge is -2.18. The van der Waals surface area contributed by atoms with E-state index in [9.17, 15) is 4.39 Å². The zero-order valence-electron chi connectivity index (χ0n) is 15.0. The van der Waals surface area contributed by atoms with E-state index in [0.29, 0.717) is 6.54 Å². The summed E-state index contributed by atoms with van der Waals surface area (Å²) >= 11 is 0. The second kappa shape index (κ2) is 8.75. The van der Waals surface area contributed by atoms with Gasteiger partial charge in [-0.1, -0.05) is 35.5 Å². The van der Waals surface area contributed by atoms with Gasteiger partial charge in [0, 0.05) is 13.6 Å². The molecule has 0 spiro atoms. The zero-order valence-corrected chi connectivity index (χ0v) is 15.0. The Labute approximate surface area is 156 Å². The third-order valence-electron chi connectivity index (χ3n) is 3.78. The Balaban J connectivity index is 1.67. The third-order valence-corrected chi connectivity index (χ3v) is 3.78. The number of oxime groups is 1. The largest absolute Gasteiger partial charge is 0.497 e. The summed E-state index contributed by atoms with van der Waals surface area (Å²) in [5.74, 6) is 0.365. The number of methoxy groups -OCH3 is 1. The van der Waals surface area contributed by atoms with Crippen molar-refractivity contribution in [1.29, 1.82) is 0 Å². The van der Waals surface area contributed by atoms with Crippen LogP contribution in [0.25, 0.3) is 0 Å². The van der Waals surface area contributed by atoms with Gasteiger partial charge in [-0.3, -0.25) is 0 Å². The van der Waals surface area contributed by atoms with Crippen molar-refractivity contribution in [3.63, 3.8) is 0 Å². The van der Waals surface area contributed by atoms with Crippen molar-refractivity contribution >= 4 is 12.0 Å². The standard InChI is InChI=1S/C20H19FN4O2/c1-25(14-16-6-4-3-5-7-16)19-18(21)13-22-20(24-19)27-23-12-15-8-10-17(26-2)11-9-15/h3-13H,14H2,1-2H3/b23-12+. The number of hydrogen-bond acceptors (Lipinski definition) is 6. The minimum Gasteiger partial charge on any atom is -0.497 e. The molecule has 1 heterocycles. The van der Waals surface area contributed by atoms with Crippen LogP contribution in [0.2, 0.25) is 0 Å². The monoisotopic (exact) mass is 366 g/mol. The summed E-state index contributed by atoms with van der Waals surface area (Å²) in [7, 11) is 3.35. The molecule has 0 saturated carbocycles. The number of hydrogen-bond donors (Lipinski definition) is 0. The summed E-state index contributed by atoms with van der Waals surface area (Å²) in [5.41, 5.74) is 1.86.